The zero-order valence-electron chi connectivity index (χ0n) is 17.9. The maximum Gasteiger partial charge on any atom is 0.280 e. The Hall–Kier alpha value is -4.32. The second-order valence-corrected chi connectivity index (χ2v) is 7.68. The third kappa shape index (κ3) is 3.13. The van der Waals surface area contributed by atoms with Gasteiger partial charge in [0.2, 0.25) is 0 Å². The molecule has 0 bridgehead atoms. The van der Waals surface area contributed by atoms with Crippen molar-refractivity contribution in [3.05, 3.63) is 94.9 Å². The van der Waals surface area contributed by atoms with Crippen molar-refractivity contribution in [2.45, 2.75) is 6.92 Å². The lowest BCUT2D eigenvalue weighted by atomic mass is 10.0. The summed E-state index contributed by atoms with van der Waals surface area (Å²) < 4.78 is 1.54. The Bertz CT molecular complexity index is 1480. The van der Waals surface area contributed by atoms with Gasteiger partial charge in [-0.05, 0) is 30.2 Å². The molecule has 5 aromatic rings. The topological polar surface area (TPSA) is 88.2 Å². The van der Waals surface area contributed by atoms with Gasteiger partial charge >= 0.3 is 0 Å². The van der Waals surface area contributed by atoms with E-state index in [-0.39, 0.29) is 5.56 Å². The average molecular weight is 422 g/mol. The standard InChI is InChI=1S/C26H23N5O/c1-16-22(19-13-14-20(27)21(15-19)28-2)26(32)31-25(29-16)23(17-9-5-3-6-10-17)24(30-31)18-11-7-4-8-12-18/h3-15,28,30H,27H2,1-2H3. The molecule has 0 atom stereocenters. The van der Waals surface area contributed by atoms with Gasteiger partial charge in [0.05, 0.1) is 33.9 Å². The minimum absolute atomic E-state index is 0.154. The van der Waals surface area contributed by atoms with Crippen LogP contribution in [-0.2, 0) is 0 Å². The van der Waals surface area contributed by atoms with E-state index in [1.54, 1.807) is 17.6 Å². The lowest BCUT2D eigenvalue weighted by Crippen LogP contribution is -2.19. The van der Waals surface area contributed by atoms with Crippen LogP contribution >= 0.6 is 0 Å². The number of nitrogens with zero attached hydrogens (tertiary/aromatic N) is 2. The number of fused-ring (bicyclic) bond motifs is 1. The number of anilines is 2. The molecule has 0 amide bonds. The molecule has 158 valence electrons. The van der Waals surface area contributed by atoms with Gasteiger partial charge in [-0.1, -0.05) is 66.7 Å². The zero-order valence-corrected chi connectivity index (χ0v) is 17.9. The van der Waals surface area contributed by atoms with Crippen LogP contribution in [0.25, 0.3) is 39.2 Å². The molecular weight excluding hydrogens is 398 g/mol. The van der Waals surface area contributed by atoms with Crippen molar-refractivity contribution in [3.8, 4) is 33.5 Å². The van der Waals surface area contributed by atoms with E-state index < -0.39 is 0 Å². The van der Waals surface area contributed by atoms with E-state index in [1.165, 1.54) is 0 Å². The SMILES string of the molecule is CNc1cc(-c2c(C)nc3c(-c4ccccc4)c(-c4ccccc4)[nH]n3c2=O)ccc1N. The van der Waals surface area contributed by atoms with E-state index >= 15 is 0 Å². The van der Waals surface area contributed by atoms with Crippen molar-refractivity contribution in [2.24, 2.45) is 0 Å². The molecule has 0 saturated carbocycles. The molecule has 0 aliphatic heterocycles. The Morgan fingerprint density at radius 1 is 0.875 bits per heavy atom. The summed E-state index contributed by atoms with van der Waals surface area (Å²) in [5, 5.41) is 6.40. The van der Waals surface area contributed by atoms with E-state index in [0.29, 0.717) is 22.6 Å². The smallest absolute Gasteiger partial charge is 0.280 e. The number of nitrogen functional groups attached to an aromatic ring is 1. The summed E-state index contributed by atoms with van der Waals surface area (Å²) in [5.41, 5.74) is 13.6. The first-order valence-electron chi connectivity index (χ1n) is 10.4. The third-order valence-electron chi connectivity index (χ3n) is 5.70. The van der Waals surface area contributed by atoms with Crippen molar-refractivity contribution in [1.82, 2.24) is 14.6 Å². The summed E-state index contributed by atoms with van der Waals surface area (Å²) in [7, 11) is 1.81. The Kier molecular flexibility index (Phi) is 4.75. The lowest BCUT2D eigenvalue weighted by molar-refractivity contribution is 0.897. The molecule has 3 aromatic carbocycles. The van der Waals surface area contributed by atoms with Gasteiger partial charge in [-0.15, -0.1) is 0 Å². The van der Waals surface area contributed by atoms with Gasteiger partial charge in [0.25, 0.3) is 5.56 Å². The molecule has 4 N–H and O–H groups in total. The van der Waals surface area contributed by atoms with Gasteiger partial charge in [-0.25, -0.2) is 4.98 Å². The molecule has 2 heterocycles. The van der Waals surface area contributed by atoms with Crippen LogP contribution in [0.3, 0.4) is 0 Å². The molecule has 32 heavy (non-hydrogen) atoms. The highest BCUT2D eigenvalue weighted by atomic mass is 16.1. The molecule has 6 nitrogen and oxygen atoms in total. The van der Waals surface area contributed by atoms with Crippen LogP contribution in [0, 0.1) is 6.92 Å². The van der Waals surface area contributed by atoms with Crippen LogP contribution in [0.15, 0.2) is 83.7 Å². The van der Waals surface area contributed by atoms with E-state index in [0.717, 1.165) is 33.6 Å². The normalized spacial score (nSPS) is 11.1. The summed E-state index contributed by atoms with van der Waals surface area (Å²) in [6, 6.07) is 25.5. The minimum atomic E-state index is -0.154. The number of nitrogens with one attached hydrogen (secondary N) is 2. The maximum atomic E-state index is 13.7. The fraction of sp³-hybridized carbons (Fsp3) is 0.0769. The molecule has 0 aliphatic carbocycles. The highest BCUT2D eigenvalue weighted by molar-refractivity contribution is 5.91. The van der Waals surface area contributed by atoms with Gasteiger partial charge in [-0.3, -0.25) is 9.89 Å². The lowest BCUT2D eigenvalue weighted by Gasteiger charge is -2.10. The number of nitrogens with two attached hydrogens (primary N) is 1. The number of aryl methyl sites for hydroxylation is 1. The highest BCUT2D eigenvalue weighted by Crippen LogP contribution is 2.35. The number of aromatic nitrogens is 3. The molecule has 6 heteroatoms. The van der Waals surface area contributed by atoms with Crippen LogP contribution < -0.4 is 16.6 Å². The predicted molar refractivity (Wildman–Crippen MR) is 131 cm³/mol. The average Bonchev–Trinajstić information content (AvgIpc) is 3.21. The molecule has 0 aliphatic rings. The van der Waals surface area contributed by atoms with Gasteiger partial charge in [-0.2, -0.15) is 4.52 Å². The van der Waals surface area contributed by atoms with E-state index in [9.17, 15) is 4.79 Å². The van der Waals surface area contributed by atoms with Crippen LogP contribution in [0.2, 0.25) is 0 Å². The van der Waals surface area contributed by atoms with E-state index in [2.05, 4.69) is 10.4 Å². The fourth-order valence-electron chi connectivity index (χ4n) is 4.13. The summed E-state index contributed by atoms with van der Waals surface area (Å²) in [6.45, 7) is 1.87. The van der Waals surface area contributed by atoms with Crippen LogP contribution in [0.5, 0.6) is 0 Å². The quantitative estimate of drug-likeness (QED) is 0.358. The Balaban J connectivity index is 1.84. The summed E-state index contributed by atoms with van der Waals surface area (Å²) >= 11 is 0. The monoisotopic (exact) mass is 421 g/mol. The molecule has 2 aromatic heterocycles. The van der Waals surface area contributed by atoms with Crippen LogP contribution in [0.1, 0.15) is 5.69 Å². The largest absolute Gasteiger partial charge is 0.397 e. The van der Waals surface area contributed by atoms with Crippen molar-refractivity contribution in [1.29, 1.82) is 0 Å². The molecule has 0 spiro atoms. The number of aromatic amines is 1. The molecule has 0 radical (unpaired) electrons. The van der Waals surface area contributed by atoms with Gasteiger partial charge in [0.15, 0.2) is 5.65 Å². The summed E-state index contributed by atoms with van der Waals surface area (Å²) in [4.78, 5) is 18.6. The first-order chi connectivity index (χ1) is 15.6. The highest BCUT2D eigenvalue weighted by Gasteiger charge is 2.21. The predicted octanol–water partition coefficient (Wildman–Crippen LogP) is 4.96. The minimum Gasteiger partial charge on any atom is -0.397 e. The molecule has 0 fully saturated rings. The van der Waals surface area contributed by atoms with Crippen molar-refractivity contribution in [3.63, 3.8) is 0 Å². The van der Waals surface area contributed by atoms with E-state index in [4.69, 9.17) is 10.7 Å². The second-order valence-electron chi connectivity index (χ2n) is 7.68. The van der Waals surface area contributed by atoms with Gasteiger partial charge in [0.1, 0.15) is 0 Å². The third-order valence-corrected chi connectivity index (χ3v) is 5.70. The van der Waals surface area contributed by atoms with Gasteiger partial charge in [0, 0.05) is 12.6 Å². The van der Waals surface area contributed by atoms with E-state index in [1.807, 2.05) is 79.7 Å². The zero-order chi connectivity index (χ0) is 22.2. The molecule has 5 rings (SSSR count). The molecular formula is C26H23N5O. The van der Waals surface area contributed by atoms with Crippen LogP contribution in [0.4, 0.5) is 11.4 Å². The van der Waals surface area contributed by atoms with Gasteiger partial charge < -0.3 is 11.1 Å². The Labute approximate surface area is 185 Å². The Morgan fingerprint density at radius 2 is 1.53 bits per heavy atom. The second kappa shape index (κ2) is 7.74. The first-order valence-corrected chi connectivity index (χ1v) is 10.4. The molecule has 0 unspecified atom stereocenters. The first kappa shape index (κ1) is 19.6. The number of hydrogen-bond acceptors (Lipinski definition) is 4. The fourth-order valence-corrected chi connectivity index (χ4v) is 4.13. The van der Waals surface area contributed by atoms with Crippen molar-refractivity contribution < 1.29 is 0 Å². The maximum absolute atomic E-state index is 13.7. The molecule has 0 saturated heterocycles. The Morgan fingerprint density at radius 3 is 2.19 bits per heavy atom. The number of benzene rings is 3. The van der Waals surface area contributed by atoms with Crippen LogP contribution in [-0.4, -0.2) is 21.6 Å². The van der Waals surface area contributed by atoms with Crippen molar-refractivity contribution in [2.75, 3.05) is 18.1 Å². The summed E-state index contributed by atoms with van der Waals surface area (Å²) in [5.74, 6) is 0. The number of H-pyrrole nitrogens is 1. The number of rotatable bonds is 4. The van der Waals surface area contributed by atoms with Crippen molar-refractivity contribution >= 4 is 17.0 Å². The number of hydrogen-bond donors (Lipinski definition) is 3. The summed E-state index contributed by atoms with van der Waals surface area (Å²) in [6.07, 6.45) is 0.